The third kappa shape index (κ3) is 8.10. The van der Waals surface area contributed by atoms with Crippen LogP contribution in [-0.4, -0.2) is 25.4 Å². The number of hydrogen-bond donors (Lipinski definition) is 3. The molecule has 10 heteroatoms. The number of carboxylic acids is 1. The number of amides is 1. The molecular weight excluding hydrogens is 651 g/mol. The smallest absolute Gasteiger partial charge is 0.305 e. The lowest BCUT2D eigenvalue weighted by Gasteiger charge is -2.21. The van der Waals surface area contributed by atoms with Crippen LogP contribution in [-0.2, 0) is 20.2 Å². The summed E-state index contributed by atoms with van der Waals surface area (Å²) in [7, 11) is -4.15. The lowest BCUT2D eigenvalue weighted by Crippen LogP contribution is -2.31. The highest BCUT2D eigenvalue weighted by atomic mass is 35.5. The number of carbonyl (C=O) groups is 2. The maximum atomic E-state index is 14.0. The second-order valence-corrected chi connectivity index (χ2v) is 14.5. The van der Waals surface area contributed by atoms with Crippen LogP contribution in [0.2, 0.25) is 5.02 Å². The third-order valence-corrected chi connectivity index (χ3v) is 9.57. The minimum absolute atomic E-state index is 0.00138. The lowest BCUT2D eigenvalue weighted by atomic mass is 9.87. The molecule has 1 amide bonds. The van der Waals surface area contributed by atoms with Gasteiger partial charge in [0.2, 0.25) is 0 Å². The molecule has 0 fully saturated rings. The van der Waals surface area contributed by atoms with Gasteiger partial charge in [-0.25, -0.2) is 12.8 Å². The molecule has 0 spiro atoms. The minimum Gasteiger partial charge on any atom is -0.481 e. The summed E-state index contributed by atoms with van der Waals surface area (Å²) in [5, 5.41) is 12.4. The second kappa shape index (κ2) is 14.0. The van der Waals surface area contributed by atoms with Crippen molar-refractivity contribution in [2.24, 2.45) is 0 Å². The van der Waals surface area contributed by atoms with Gasteiger partial charge in [0.25, 0.3) is 15.9 Å². The molecule has 0 bridgehead atoms. The van der Waals surface area contributed by atoms with Crippen LogP contribution >= 0.6 is 11.6 Å². The number of carboxylic acid groups (broad SMARTS) is 1. The summed E-state index contributed by atoms with van der Waals surface area (Å²) in [6.07, 6.45) is -0.426. The molecule has 0 aliphatic heterocycles. The Balaban J connectivity index is 1.51. The number of sulfonamides is 1. The normalized spacial score (nSPS) is 12.3. The van der Waals surface area contributed by atoms with Crippen LogP contribution in [0.3, 0.4) is 0 Å². The van der Waals surface area contributed by atoms with E-state index >= 15 is 0 Å². The highest BCUT2D eigenvalue weighted by Crippen LogP contribution is 2.31. The number of halogens is 2. The van der Waals surface area contributed by atoms with Crippen molar-refractivity contribution in [2.45, 2.75) is 43.5 Å². The molecule has 7 nitrogen and oxygen atoms in total. The fraction of sp³-hybridized carbons (Fsp3) is 0.158. The monoisotopic (exact) mass is 684 g/mol. The number of carbonyl (C=O) groups excluding carboxylic acids is 1. The van der Waals surface area contributed by atoms with Gasteiger partial charge in [0.15, 0.2) is 0 Å². The molecule has 5 aromatic carbocycles. The van der Waals surface area contributed by atoms with Crippen LogP contribution in [0.5, 0.6) is 0 Å². The Bertz CT molecular complexity index is 2060. The molecular formula is C38H34ClFN2O5S. The van der Waals surface area contributed by atoms with Gasteiger partial charge in [-0.1, -0.05) is 111 Å². The number of anilines is 1. The van der Waals surface area contributed by atoms with Gasteiger partial charge in [0.1, 0.15) is 5.82 Å². The number of rotatable bonds is 10. The van der Waals surface area contributed by atoms with Gasteiger partial charge in [-0.2, -0.15) is 0 Å². The first-order valence-electron chi connectivity index (χ1n) is 15.1. The van der Waals surface area contributed by atoms with E-state index in [1.807, 2.05) is 63.2 Å². The van der Waals surface area contributed by atoms with Crippen molar-refractivity contribution in [3.05, 3.63) is 143 Å². The SMILES string of the molecule is CC(C)(C)c1ccc(S(=O)(=O)Nc2ccc(-c3ccc(F)c(Cl)c3)cc2C(=O)NC(CC(=O)O)c2ccc(-c3ccccc3)cc2)cc1. The summed E-state index contributed by atoms with van der Waals surface area (Å²) < 4.78 is 43.5. The van der Waals surface area contributed by atoms with Gasteiger partial charge >= 0.3 is 5.97 Å². The predicted molar refractivity (Wildman–Crippen MR) is 187 cm³/mol. The minimum atomic E-state index is -4.15. The third-order valence-electron chi connectivity index (χ3n) is 7.90. The molecule has 0 aliphatic carbocycles. The summed E-state index contributed by atoms with van der Waals surface area (Å²) in [5.74, 6) is -2.47. The van der Waals surface area contributed by atoms with Crippen molar-refractivity contribution in [2.75, 3.05) is 4.72 Å². The van der Waals surface area contributed by atoms with Gasteiger partial charge in [-0.3, -0.25) is 14.3 Å². The molecule has 1 atom stereocenters. The Morgan fingerprint density at radius 2 is 1.38 bits per heavy atom. The number of aliphatic carboxylic acids is 1. The van der Waals surface area contributed by atoms with Gasteiger partial charge in [0, 0.05) is 0 Å². The van der Waals surface area contributed by atoms with Crippen LogP contribution in [0.15, 0.2) is 120 Å². The van der Waals surface area contributed by atoms with E-state index in [4.69, 9.17) is 11.6 Å². The number of hydrogen-bond acceptors (Lipinski definition) is 4. The van der Waals surface area contributed by atoms with Gasteiger partial charge < -0.3 is 10.4 Å². The standard InChI is InChI=1S/C38H34ClFN2O5S/c1-38(2,3)29-15-17-30(18-16-29)48(46,47)42-34-20-14-27(28-13-19-33(40)32(39)22-28)21-31(34)37(45)41-35(23-36(43)44)26-11-9-25(10-12-26)24-7-5-4-6-8-24/h4-22,35,42H,23H2,1-3H3,(H,41,45)(H,43,44). The van der Waals surface area contributed by atoms with Crippen LogP contribution in [0.25, 0.3) is 22.3 Å². The summed E-state index contributed by atoms with van der Waals surface area (Å²) in [5.41, 5.74) is 4.05. The van der Waals surface area contributed by atoms with Crippen molar-refractivity contribution >= 4 is 39.2 Å². The van der Waals surface area contributed by atoms with Crippen LogP contribution in [0.1, 0.15) is 54.7 Å². The largest absolute Gasteiger partial charge is 0.481 e. The average molecular weight is 685 g/mol. The number of nitrogens with one attached hydrogen (secondary N) is 2. The maximum absolute atomic E-state index is 14.0. The first-order valence-corrected chi connectivity index (χ1v) is 17.0. The van der Waals surface area contributed by atoms with Crippen molar-refractivity contribution in [3.8, 4) is 22.3 Å². The summed E-state index contributed by atoms with van der Waals surface area (Å²) in [6, 6.07) is 30.9. The molecule has 0 radical (unpaired) electrons. The fourth-order valence-corrected chi connectivity index (χ4v) is 6.48. The fourth-order valence-electron chi connectivity index (χ4n) is 5.22. The molecule has 0 aromatic heterocycles. The summed E-state index contributed by atoms with van der Waals surface area (Å²) in [4.78, 5) is 25.9. The zero-order valence-corrected chi connectivity index (χ0v) is 28.1. The van der Waals surface area contributed by atoms with Crippen molar-refractivity contribution in [1.29, 1.82) is 0 Å². The Morgan fingerprint density at radius 1 is 0.792 bits per heavy atom. The second-order valence-electron chi connectivity index (χ2n) is 12.4. The van der Waals surface area contributed by atoms with E-state index in [9.17, 15) is 27.5 Å². The molecule has 0 heterocycles. The molecule has 0 saturated carbocycles. The summed E-state index contributed by atoms with van der Waals surface area (Å²) >= 11 is 6.03. The van der Waals surface area contributed by atoms with Gasteiger partial charge in [-0.15, -0.1) is 0 Å². The first-order chi connectivity index (χ1) is 22.7. The Kier molecular flexibility index (Phi) is 10.0. The quantitative estimate of drug-likeness (QED) is 0.136. The van der Waals surface area contributed by atoms with Crippen molar-refractivity contribution in [1.82, 2.24) is 5.32 Å². The van der Waals surface area contributed by atoms with E-state index < -0.39 is 40.2 Å². The molecule has 5 aromatic rings. The van der Waals surface area contributed by atoms with Crippen molar-refractivity contribution in [3.63, 3.8) is 0 Å². The molecule has 246 valence electrons. The summed E-state index contributed by atoms with van der Waals surface area (Å²) in [6.45, 7) is 6.06. The van der Waals surface area contributed by atoms with Gasteiger partial charge in [0.05, 0.1) is 33.6 Å². The molecule has 1 unspecified atom stereocenters. The van der Waals surface area contributed by atoms with Crippen LogP contribution < -0.4 is 10.0 Å². The molecule has 3 N–H and O–H groups in total. The Morgan fingerprint density at radius 3 is 1.98 bits per heavy atom. The van der Waals surface area contributed by atoms with Crippen LogP contribution in [0.4, 0.5) is 10.1 Å². The highest BCUT2D eigenvalue weighted by Gasteiger charge is 2.24. The zero-order valence-electron chi connectivity index (χ0n) is 26.5. The van der Waals surface area contributed by atoms with Crippen LogP contribution in [0, 0.1) is 5.82 Å². The Labute approximate surface area is 284 Å². The highest BCUT2D eigenvalue weighted by molar-refractivity contribution is 7.92. The topological polar surface area (TPSA) is 113 Å². The first kappa shape index (κ1) is 34.3. The number of benzene rings is 5. The predicted octanol–water partition coefficient (Wildman–Crippen LogP) is 8.86. The van der Waals surface area contributed by atoms with E-state index in [0.29, 0.717) is 16.7 Å². The lowest BCUT2D eigenvalue weighted by molar-refractivity contribution is -0.137. The zero-order chi connectivity index (χ0) is 34.6. The van der Waals surface area contributed by atoms with E-state index in [0.717, 1.165) is 16.7 Å². The van der Waals surface area contributed by atoms with Crippen molar-refractivity contribution < 1.29 is 27.5 Å². The van der Waals surface area contributed by atoms with Gasteiger partial charge in [-0.05, 0) is 75.2 Å². The average Bonchev–Trinajstić information content (AvgIpc) is 3.05. The molecule has 0 aliphatic rings. The van der Waals surface area contributed by atoms with E-state index in [1.165, 1.54) is 42.5 Å². The maximum Gasteiger partial charge on any atom is 0.305 e. The van der Waals surface area contributed by atoms with E-state index in [1.54, 1.807) is 30.3 Å². The molecule has 5 rings (SSSR count). The van der Waals surface area contributed by atoms with E-state index in [2.05, 4.69) is 10.0 Å². The Hall–Kier alpha value is -4.99. The molecule has 48 heavy (non-hydrogen) atoms. The van der Waals surface area contributed by atoms with E-state index in [-0.39, 0.29) is 26.6 Å². The molecule has 0 saturated heterocycles.